The van der Waals surface area contributed by atoms with E-state index in [-0.39, 0.29) is 20.7 Å². The number of hydrogen-bond acceptors (Lipinski definition) is 0. The van der Waals surface area contributed by atoms with Crippen molar-refractivity contribution in [3.05, 3.63) is 97.2 Å². The van der Waals surface area contributed by atoms with Crippen molar-refractivity contribution in [1.82, 2.24) is 0 Å². The molecule has 0 aliphatic carbocycles. The summed E-state index contributed by atoms with van der Waals surface area (Å²) in [5, 5.41) is 0. The van der Waals surface area contributed by atoms with Crippen molar-refractivity contribution in [3.63, 3.8) is 0 Å². The maximum absolute atomic E-state index is 2.40. The molecule has 0 saturated heterocycles. The Kier molecular flexibility index (Phi) is 5.74. The Morgan fingerprint density at radius 2 is 1.22 bits per heavy atom. The van der Waals surface area contributed by atoms with Gasteiger partial charge in [0.15, 0.2) is 0 Å². The molecule has 1 aliphatic rings. The Hall–Kier alpha value is -1.53. The second-order valence-corrected chi connectivity index (χ2v) is 10.1. The summed E-state index contributed by atoms with van der Waals surface area (Å²) in [6, 6.07) is 24.6. The third-order valence-corrected chi connectivity index (χ3v) is 7.61. The van der Waals surface area contributed by atoms with Crippen LogP contribution in [0.3, 0.4) is 0 Å². The second kappa shape index (κ2) is 8.23. The smallest absolute Gasteiger partial charge is 0.0139 e. The third-order valence-electron chi connectivity index (χ3n) is 4.61. The van der Waals surface area contributed by atoms with Crippen molar-refractivity contribution >= 4 is 52.9 Å². The average Bonchev–Trinajstić information content (AvgIpc) is 2.68. The first kappa shape index (κ1) is 18.8. The van der Waals surface area contributed by atoms with Crippen LogP contribution in [-0.4, -0.2) is 4.01 Å². The van der Waals surface area contributed by atoms with Gasteiger partial charge < -0.3 is 0 Å². The van der Waals surface area contributed by atoms with Crippen molar-refractivity contribution in [2.75, 3.05) is 0 Å². The van der Waals surface area contributed by atoms with Gasteiger partial charge in [0.25, 0.3) is 0 Å². The summed E-state index contributed by atoms with van der Waals surface area (Å²) in [5.74, 6) is 0. The van der Waals surface area contributed by atoms with Crippen LogP contribution in [0.4, 0.5) is 0 Å². The van der Waals surface area contributed by atoms with Crippen molar-refractivity contribution < 1.29 is 0 Å². The van der Waals surface area contributed by atoms with Crippen LogP contribution in [0.1, 0.15) is 18.1 Å². The first-order chi connectivity index (χ1) is 13.1. The number of rotatable bonds is 3. The molecule has 0 aromatic heterocycles. The molecule has 0 fully saturated rings. The van der Waals surface area contributed by atoms with Gasteiger partial charge in [0.1, 0.15) is 0 Å². The quantitative estimate of drug-likeness (QED) is 0.278. The van der Waals surface area contributed by atoms with Crippen molar-refractivity contribution in [1.29, 1.82) is 0 Å². The summed E-state index contributed by atoms with van der Waals surface area (Å²) in [6.07, 6.45) is 2.29. The van der Waals surface area contributed by atoms with E-state index in [9.17, 15) is 0 Å². The van der Waals surface area contributed by atoms with Crippen LogP contribution in [0.25, 0.3) is 27.8 Å². The Bertz CT molecular complexity index is 1050. The lowest BCUT2D eigenvalue weighted by molar-refractivity contribution is 1.44. The molecule has 0 nitrogen and oxygen atoms in total. The van der Waals surface area contributed by atoms with Crippen LogP contribution in [0.2, 0.25) is 0 Å². The fraction of sp³-hybridized carbons (Fsp3) is 0.0800. The molecule has 0 N–H and O–H groups in total. The van der Waals surface area contributed by atoms with Gasteiger partial charge in [0.2, 0.25) is 0 Å². The summed E-state index contributed by atoms with van der Waals surface area (Å²) in [4.78, 5) is 0. The van der Waals surface area contributed by atoms with E-state index in [2.05, 4.69) is 117 Å². The van der Waals surface area contributed by atoms with E-state index in [0.29, 0.717) is 0 Å². The van der Waals surface area contributed by atoms with Gasteiger partial charge >= 0.3 is 0 Å². The second-order valence-electron chi connectivity index (χ2n) is 6.86. The van der Waals surface area contributed by atoms with E-state index in [1.165, 1.54) is 48.1 Å². The SMILES string of the molecule is CC1=CC(c2ccc(-c3ccc(-c4cc(C)cc(I)c4)cc3)cc2)=CI=C1. The maximum Gasteiger partial charge on any atom is 0.0139 e. The van der Waals surface area contributed by atoms with Gasteiger partial charge in [-0.2, -0.15) is 0 Å². The van der Waals surface area contributed by atoms with Gasteiger partial charge in [-0.1, -0.05) is 81.4 Å². The molecule has 0 bridgehead atoms. The number of halogens is 2. The molecule has 3 aromatic rings. The van der Waals surface area contributed by atoms with Crippen molar-refractivity contribution in [2.45, 2.75) is 13.8 Å². The van der Waals surface area contributed by atoms with Crippen LogP contribution >= 0.6 is 43.3 Å². The lowest BCUT2D eigenvalue weighted by atomic mass is 9.97. The molecule has 2 heteroatoms. The van der Waals surface area contributed by atoms with Gasteiger partial charge in [-0.15, -0.1) is 0 Å². The van der Waals surface area contributed by atoms with Crippen molar-refractivity contribution in [2.24, 2.45) is 0 Å². The molecule has 0 amide bonds. The predicted octanol–water partition coefficient (Wildman–Crippen LogP) is 8.01. The minimum absolute atomic E-state index is 0.0689. The molecule has 3 aromatic carbocycles. The fourth-order valence-electron chi connectivity index (χ4n) is 3.27. The molecule has 1 heterocycles. The molecular formula is C25H20I2. The van der Waals surface area contributed by atoms with E-state index < -0.39 is 0 Å². The Labute approximate surface area is 184 Å². The summed E-state index contributed by atoms with van der Waals surface area (Å²) < 4.78 is 6.05. The van der Waals surface area contributed by atoms with Crippen LogP contribution < -0.4 is 0 Å². The van der Waals surface area contributed by atoms with Crippen LogP contribution in [-0.2, 0) is 0 Å². The Morgan fingerprint density at radius 1 is 0.667 bits per heavy atom. The molecule has 0 saturated carbocycles. The molecule has 0 unspecified atom stereocenters. The van der Waals surface area contributed by atoms with Gasteiger partial charge in [-0.05, 0) is 101 Å². The van der Waals surface area contributed by atoms with Gasteiger partial charge in [0, 0.05) is 3.57 Å². The lowest BCUT2D eigenvalue weighted by Crippen LogP contribution is -1.87. The Morgan fingerprint density at radius 3 is 1.78 bits per heavy atom. The van der Waals surface area contributed by atoms with E-state index >= 15 is 0 Å². The monoisotopic (exact) mass is 574 g/mol. The molecule has 0 spiro atoms. The summed E-state index contributed by atoms with van der Waals surface area (Å²) >= 11 is 2.46. The zero-order chi connectivity index (χ0) is 18.8. The topological polar surface area (TPSA) is 0 Å². The highest BCUT2D eigenvalue weighted by Crippen LogP contribution is 2.29. The third kappa shape index (κ3) is 4.49. The first-order valence-corrected chi connectivity index (χ1v) is 12.5. The molecule has 27 heavy (non-hydrogen) atoms. The lowest BCUT2D eigenvalue weighted by Gasteiger charge is -2.09. The molecule has 0 atom stereocenters. The molecule has 4 rings (SSSR count). The number of benzene rings is 3. The van der Waals surface area contributed by atoms with E-state index in [4.69, 9.17) is 0 Å². The number of aryl methyl sites for hydroxylation is 1. The highest BCUT2D eigenvalue weighted by molar-refractivity contribution is 14.2. The minimum Gasteiger partial charge on any atom is -0.0928 e. The first-order valence-electron chi connectivity index (χ1n) is 8.90. The average molecular weight is 574 g/mol. The van der Waals surface area contributed by atoms with E-state index in [1.54, 1.807) is 0 Å². The minimum atomic E-state index is 0.0689. The van der Waals surface area contributed by atoms with E-state index in [1.807, 2.05) is 0 Å². The molecular weight excluding hydrogens is 554 g/mol. The number of hydrogen-bond donors (Lipinski definition) is 0. The zero-order valence-corrected chi connectivity index (χ0v) is 19.7. The van der Waals surface area contributed by atoms with Gasteiger partial charge in [-0.3, -0.25) is 0 Å². The largest absolute Gasteiger partial charge is 0.0928 e. The van der Waals surface area contributed by atoms with Crippen LogP contribution in [0.15, 0.2) is 82.5 Å². The normalized spacial score (nSPS) is 13.6. The van der Waals surface area contributed by atoms with Crippen LogP contribution in [0.5, 0.6) is 0 Å². The molecule has 0 radical (unpaired) electrons. The number of allylic oxidation sites excluding steroid dienone is 3. The summed E-state index contributed by atoms with van der Waals surface area (Å²) in [6.45, 7) is 4.35. The molecule has 1 aliphatic heterocycles. The summed E-state index contributed by atoms with van der Waals surface area (Å²) in [5.41, 5.74) is 10.5. The predicted molar refractivity (Wildman–Crippen MR) is 137 cm³/mol. The van der Waals surface area contributed by atoms with Gasteiger partial charge in [-0.25, -0.2) is 0 Å². The van der Waals surface area contributed by atoms with E-state index in [0.717, 1.165) is 0 Å². The highest BCUT2D eigenvalue weighted by atomic mass is 127. The molecule has 134 valence electrons. The highest BCUT2D eigenvalue weighted by Gasteiger charge is 2.05. The summed E-state index contributed by atoms with van der Waals surface area (Å²) in [7, 11) is 0. The Balaban J connectivity index is 1.59. The fourth-order valence-corrected chi connectivity index (χ4v) is 5.95. The standard InChI is InChI=1S/C25H20I2/c1-17-11-23(14-25(26)13-17)21-7-3-19(4-8-21)20-5-9-22(10-6-20)24-12-18(2)15-27-16-24/h3-16H,1-2H3. The zero-order valence-electron chi connectivity index (χ0n) is 15.3. The van der Waals surface area contributed by atoms with Crippen molar-refractivity contribution in [3.8, 4) is 22.3 Å². The van der Waals surface area contributed by atoms with Crippen LogP contribution in [0, 0.1) is 10.5 Å². The van der Waals surface area contributed by atoms with Gasteiger partial charge in [0.05, 0.1) is 0 Å². The maximum atomic E-state index is 2.40.